The van der Waals surface area contributed by atoms with Gasteiger partial charge in [-0.25, -0.2) is 0 Å². The molecular weight excluding hydrogens is 262 g/mol. The third-order valence-corrected chi connectivity index (χ3v) is 2.96. The van der Waals surface area contributed by atoms with Crippen LogP contribution >= 0.6 is 15.9 Å². The summed E-state index contributed by atoms with van der Waals surface area (Å²) >= 11 is 3.45. The van der Waals surface area contributed by atoms with Gasteiger partial charge in [0.25, 0.3) is 0 Å². The highest BCUT2D eigenvalue weighted by Gasteiger charge is 1.97. The molecule has 0 fully saturated rings. The van der Waals surface area contributed by atoms with E-state index in [1.54, 1.807) is 0 Å². The first-order chi connectivity index (χ1) is 7.61. The standard InChI is InChI=1S/C14H20BrN/c1-4-12(10-16-11(2)3)9-13-5-7-14(15)8-6-13/h5-9,11,16H,4,10H2,1-3H3. The smallest absolute Gasteiger partial charge is 0.0175 e. The van der Waals surface area contributed by atoms with E-state index >= 15 is 0 Å². The summed E-state index contributed by atoms with van der Waals surface area (Å²) in [6, 6.07) is 8.97. The summed E-state index contributed by atoms with van der Waals surface area (Å²) in [5, 5.41) is 3.45. The zero-order chi connectivity index (χ0) is 12.0. The third kappa shape index (κ3) is 4.95. The van der Waals surface area contributed by atoms with Gasteiger partial charge in [0, 0.05) is 17.1 Å². The van der Waals surface area contributed by atoms with E-state index in [0.29, 0.717) is 6.04 Å². The van der Waals surface area contributed by atoms with E-state index in [4.69, 9.17) is 0 Å². The summed E-state index contributed by atoms with van der Waals surface area (Å²) in [5.74, 6) is 0. The summed E-state index contributed by atoms with van der Waals surface area (Å²) in [6.45, 7) is 7.52. The molecule has 88 valence electrons. The number of hydrogen-bond acceptors (Lipinski definition) is 1. The first kappa shape index (κ1) is 13.5. The fourth-order valence-corrected chi connectivity index (χ4v) is 1.67. The average Bonchev–Trinajstić information content (AvgIpc) is 2.26. The number of halogens is 1. The van der Waals surface area contributed by atoms with Crippen molar-refractivity contribution in [2.24, 2.45) is 0 Å². The van der Waals surface area contributed by atoms with Crippen molar-refractivity contribution in [2.75, 3.05) is 6.54 Å². The first-order valence-corrected chi connectivity index (χ1v) is 6.59. The Morgan fingerprint density at radius 3 is 2.44 bits per heavy atom. The molecule has 1 rings (SSSR count). The molecule has 0 spiro atoms. The van der Waals surface area contributed by atoms with Gasteiger partial charge in [-0.05, 0) is 24.1 Å². The molecule has 0 heterocycles. The molecule has 0 aromatic heterocycles. The average molecular weight is 282 g/mol. The van der Waals surface area contributed by atoms with Crippen LogP contribution in [0.2, 0.25) is 0 Å². The van der Waals surface area contributed by atoms with Gasteiger partial charge in [-0.2, -0.15) is 0 Å². The number of nitrogens with one attached hydrogen (secondary N) is 1. The Morgan fingerprint density at radius 1 is 1.31 bits per heavy atom. The molecule has 0 bridgehead atoms. The Labute approximate surface area is 107 Å². The molecule has 0 aliphatic carbocycles. The predicted molar refractivity (Wildman–Crippen MR) is 75.5 cm³/mol. The van der Waals surface area contributed by atoms with E-state index < -0.39 is 0 Å². The van der Waals surface area contributed by atoms with Crippen molar-refractivity contribution in [1.29, 1.82) is 0 Å². The number of benzene rings is 1. The van der Waals surface area contributed by atoms with Crippen LogP contribution < -0.4 is 5.32 Å². The zero-order valence-corrected chi connectivity index (χ0v) is 11.8. The van der Waals surface area contributed by atoms with E-state index in [0.717, 1.165) is 17.4 Å². The van der Waals surface area contributed by atoms with Gasteiger partial charge in [0.1, 0.15) is 0 Å². The molecule has 0 radical (unpaired) electrons. The van der Waals surface area contributed by atoms with Crippen molar-refractivity contribution in [3.05, 3.63) is 39.9 Å². The van der Waals surface area contributed by atoms with Crippen LogP contribution in [-0.2, 0) is 0 Å². The molecule has 16 heavy (non-hydrogen) atoms. The summed E-state index contributed by atoms with van der Waals surface area (Å²) in [7, 11) is 0. The van der Waals surface area contributed by atoms with Gasteiger partial charge < -0.3 is 5.32 Å². The van der Waals surface area contributed by atoms with Crippen molar-refractivity contribution in [2.45, 2.75) is 33.2 Å². The summed E-state index contributed by atoms with van der Waals surface area (Å²) in [6.07, 6.45) is 3.36. The highest BCUT2D eigenvalue weighted by atomic mass is 79.9. The number of hydrogen-bond donors (Lipinski definition) is 1. The minimum atomic E-state index is 0.542. The molecule has 1 N–H and O–H groups in total. The predicted octanol–water partition coefficient (Wildman–Crippen LogP) is 4.24. The van der Waals surface area contributed by atoms with Crippen molar-refractivity contribution in [1.82, 2.24) is 5.32 Å². The van der Waals surface area contributed by atoms with E-state index in [1.165, 1.54) is 11.1 Å². The molecule has 0 aliphatic rings. The lowest BCUT2D eigenvalue weighted by atomic mass is 10.1. The molecule has 0 saturated carbocycles. The second-order valence-electron chi connectivity index (χ2n) is 4.24. The molecule has 2 heteroatoms. The van der Waals surface area contributed by atoms with Crippen LogP contribution in [-0.4, -0.2) is 12.6 Å². The summed E-state index contributed by atoms with van der Waals surface area (Å²) in [4.78, 5) is 0. The molecule has 0 atom stereocenters. The topological polar surface area (TPSA) is 12.0 Å². The van der Waals surface area contributed by atoms with E-state index in [-0.39, 0.29) is 0 Å². The van der Waals surface area contributed by atoms with Gasteiger partial charge in [-0.15, -0.1) is 0 Å². The van der Waals surface area contributed by atoms with E-state index in [2.05, 4.69) is 72.4 Å². The lowest BCUT2D eigenvalue weighted by Crippen LogP contribution is -2.24. The molecule has 1 nitrogen and oxygen atoms in total. The summed E-state index contributed by atoms with van der Waals surface area (Å²) in [5.41, 5.74) is 2.71. The fraction of sp³-hybridized carbons (Fsp3) is 0.429. The minimum Gasteiger partial charge on any atom is -0.311 e. The molecule has 0 amide bonds. The third-order valence-electron chi connectivity index (χ3n) is 2.43. The van der Waals surface area contributed by atoms with Gasteiger partial charge in [-0.3, -0.25) is 0 Å². The minimum absolute atomic E-state index is 0.542. The van der Waals surface area contributed by atoms with Crippen LogP contribution in [0, 0.1) is 0 Å². The summed E-state index contributed by atoms with van der Waals surface area (Å²) < 4.78 is 1.13. The van der Waals surface area contributed by atoms with Crippen molar-refractivity contribution in [3.63, 3.8) is 0 Å². The van der Waals surface area contributed by atoms with Gasteiger partial charge >= 0.3 is 0 Å². The van der Waals surface area contributed by atoms with Gasteiger partial charge in [0.05, 0.1) is 0 Å². The molecular formula is C14H20BrN. The molecule has 1 aromatic rings. The van der Waals surface area contributed by atoms with E-state index in [9.17, 15) is 0 Å². The SMILES string of the molecule is CCC(=Cc1ccc(Br)cc1)CNC(C)C. The molecule has 0 saturated heterocycles. The van der Waals surface area contributed by atoms with Crippen LogP contribution in [0.5, 0.6) is 0 Å². The molecule has 0 unspecified atom stereocenters. The second kappa shape index (κ2) is 6.87. The maximum atomic E-state index is 3.45. The van der Waals surface area contributed by atoms with Crippen LogP contribution in [0.1, 0.15) is 32.8 Å². The Hall–Kier alpha value is -0.600. The van der Waals surface area contributed by atoms with Crippen LogP contribution in [0.3, 0.4) is 0 Å². The number of rotatable bonds is 5. The lowest BCUT2D eigenvalue weighted by Gasteiger charge is -2.10. The fourth-order valence-electron chi connectivity index (χ4n) is 1.41. The Balaban J connectivity index is 2.67. The Morgan fingerprint density at radius 2 is 1.94 bits per heavy atom. The highest BCUT2D eigenvalue weighted by Crippen LogP contribution is 2.14. The largest absolute Gasteiger partial charge is 0.311 e. The zero-order valence-electron chi connectivity index (χ0n) is 10.3. The van der Waals surface area contributed by atoms with Gasteiger partial charge in [-0.1, -0.05) is 60.5 Å². The monoisotopic (exact) mass is 281 g/mol. The normalized spacial score (nSPS) is 12.2. The first-order valence-electron chi connectivity index (χ1n) is 5.80. The molecule has 1 aromatic carbocycles. The Bertz CT molecular complexity index is 338. The Kier molecular flexibility index (Phi) is 5.78. The van der Waals surface area contributed by atoms with Gasteiger partial charge in [0.15, 0.2) is 0 Å². The van der Waals surface area contributed by atoms with Crippen molar-refractivity contribution in [3.8, 4) is 0 Å². The van der Waals surface area contributed by atoms with Crippen molar-refractivity contribution < 1.29 is 0 Å². The maximum absolute atomic E-state index is 3.45. The second-order valence-corrected chi connectivity index (χ2v) is 5.16. The lowest BCUT2D eigenvalue weighted by molar-refractivity contribution is 0.617. The van der Waals surface area contributed by atoms with Crippen LogP contribution in [0.4, 0.5) is 0 Å². The quantitative estimate of drug-likeness (QED) is 0.851. The van der Waals surface area contributed by atoms with Crippen LogP contribution in [0.25, 0.3) is 6.08 Å². The molecule has 0 aliphatic heterocycles. The maximum Gasteiger partial charge on any atom is 0.0175 e. The van der Waals surface area contributed by atoms with Crippen LogP contribution in [0.15, 0.2) is 34.3 Å². The van der Waals surface area contributed by atoms with Crippen molar-refractivity contribution >= 4 is 22.0 Å². The van der Waals surface area contributed by atoms with E-state index in [1.807, 2.05) is 0 Å². The highest BCUT2D eigenvalue weighted by molar-refractivity contribution is 9.10. The van der Waals surface area contributed by atoms with Gasteiger partial charge in [0.2, 0.25) is 0 Å².